The Morgan fingerprint density at radius 3 is 2.67 bits per heavy atom. The van der Waals surface area contributed by atoms with Gasteiger partial charge in [0.1, 0.15) is 18.4 Å². The fourth-order valence-electron chi connectivity index (χ4n) is 4.41. The number of para-hydroxylation sites is 1. The first-order chi connectivity index (χ1) is 19.2. The van der Waals surface area contributed by atoms with Crippen molar-refractivity contribution in [2.45, 2.75) is 39.8 Å². The summed E-state index contributed by atoms with van der Waals surface area (Å²) in [5.74, 6) is 1.23. The first-order valence-electron chi connectivity index (χ1n) is 12.8. The molecule has 0 radical (unpaired) electrons. The lowest BCUT2D eigenvalue weighted by Crippen LogP contribution is -2.40. The van der Waals surface area contributed by atoms with Crippen LogP contribution in [0.25, 0.3) is 6.08 Å². The second-order valence-corrected chi connectivity index (χ2v) is 11.3. The Bertz CT molecular complexity index is 1650. The number of methoxy groups -OCH3 is 1. The van der Waals surface area contributed by atoms with Crippen LogP contribution in [0.5, 0.6) is 17.2 Å². The molecule has 1 aliphatic heterocycles. The molecule has 0 unspecified atom stereocenters. The molecule has 1 aliphatic rings. The van der Waals surface area contributed by atoms with Gasteiger partial charge in [-0.25, -0.2) is 9.79 Å². The van der Waals surface area contributed by atoms with Crippen LogP contribution in [0.15, 0.2) is 70.1 Å². The Hall–Kier alpha value is -3.38. The second kappa shape index (κ2) is 12.9. The van der Waals surface area contributed by atoms with Crippen molar-refractivity contribution in [1.29, 1.82) is 0 Å². The van der Waals surface area contributed by atoms with Crippen molar-refractivity contribution < 1.29 is 23.7 Å². The van der Waals surface area contributed by atoms with Gasteiger partial charge in [0.2, 0.25) is 0 Å². The number of halogens is 1. The van der Waals surface area contributed by atoms with Crippen LogP contribution < -0.4 is 29.1 Å². The predicted molar refractivity (Wildman–Crippen MR) is 164 cm³/mol. The summed E-state index contributed by atoms with van der Waals surface area (Å²) in [4.78, 5) is 32.4. The summed E-state index contributed by atoms with van der Waals surface area (Å²) < 4.78 is 25.7. The highest BCUT2D eigenvalue weighted by atomic mass is 127. The highest BCUT2D eigenvalue weighted by Gasteiger charge is 2.35. The van der Waals surface area contributed by atoms with Gasteiger partial charge in [0.05, 0.1) is 39.2 Å². The minimum atomic E-state index is -0.767. The van der Waals surface area contributed by atoms with Gasteiger partial charge in [0.15, 0.2) is 16.3 Å². The van der Waals surface area contributed by atoms with Gasteiger partial charge in [-0.05, 0) is 80.1 Å². The molecule has 0 spiro atoms. The first-order valence-corrected chi connectivity index (χ1v) is 14.7. The summed E-state index contributed by atoms with van der Waals surface area (Å²) >= 11 is 3.43. The summed E-state index contributed by atoms with van der Waals surface area (Å²) in [6.45, 7) is 11.6. The zero-order chi connectivity index (χ0) is 29.0. The molecule has 210 valence electrons. The number of fused-ring (bicyclic) bond motifs is 1. The molecular formula is C30H31IN2O6S. The Morgan fingerprint density at radius 1 is 1.25 bits per heavy atom. The zero-order valence-electron chi connectivity index (χ0n) is 23.0. The lowest BCUT2D eigenvalue weighted by Gasteiger charge is -2.26. The average Bonchev–Trinajstić information content (AvgIpc) is 3.21. The van der Waals surface area contributed by atoms with Gasteiger partial charge in [-0.3, -0.25) is 9.36 Å². The Morgan fingerprint density at radius 2 is 2.00 bits per heavy atom. The number of hydrogen-bond acceptors (Lipinski definition) is 8. The van der Waals surface area contributed by atoms with Gasteiger partial charge in [0.25, 0.3) is 5.56 Å². The molecule has 40 heavy (non-hydrogen) atoms. The van der Waals surface area contributed by atoms with E-state index in [9.17, 15) is 9.59 Å². The van der Waals surface area contributed by atoms with Crippen LogP contribution >= 0.6 is 33.9 Å². The normalized spacial score (nSPS) is 15.0. The van der Waals surface area contributed by atoms with Crippen molar-refractivity contribution in [3.05, 3.63) is 94.7 Å². The molecular weight excluding hydrogens is 643 g/mol. The molecule has 0 saturated heterocycles. The molecule has 1 aromatic heterocycles. The summed E-state index contributed by atoms with van der Waals surface area (Å²) in [7, 11) is 1.57. The molecule has 0 bridgehead atoms. The molecule has 1 atom stereocenters. The maximum absolute atomic E-state index is 14.0. The molecule has 0 saturated carbocycles. The third-order valence-corrected chi connectivity index (χ3v) is 7.77. The Balaban J connectivity index is 1.94. The number of allylic oxidation sites excluding steroid dienone is 1. The highest BCUT2D eigenvalue weighted by Crippen LogP contribution is 2.37. The molecule has 3 aromatic rings. The van der Waals surface area contributed by atoms with E-state index in [0.717, 1.165) is 9.13 Å². The SMILES string of the molecule is C=CCOc1c(I)cc(/C=c2\sc3n(c2=O)[C@H](c2ccccc2OC(C)C)C(C(=O)OCC)=C(C)N=3)cc1OC. The van der Waals surface area contributed by atoms with E-state index in [1.807, 2.05) is 50.2 Å². The number of thiazole rings is 1. The largest absolute Gasteiger partial charge is 0.493 e. The van der Waals surface area contributed by atoms with Crippen molar-refractivity contribution in [3.8, 4) is 17.2 Å². The minimum Gasteiger partial charge on any atom is -0.493 e. The van der Waals surface area contributed by atoms with E-state index >= 15 is 0 Å². The second-order valence-electron chi connectivity index (χ2n) is 9.14. The topological polar surface area (TPSA) is 88.4 Å². The number of ether oxygens (including phenoxy) is 4. The highest BCUT2D eigenvalue weighted by molar-refractivity contribution is 14.1. The molecule has 0 aliphatic carbocycles. The van der Waals surface area contributed by atoms with Gasteiger partial charge in [0, 0.05) is 5.56 Å². The maximum Gasteiger partial charge on any atom is 0.338 e. The van der Waals surface area contributed by atoms with E-state index in [1.54, 1.807) is 37.7 Å². The Labute approximate surface area is 250 Å². The summed E-state index contributed by atoms with van der Waals surface area (Å²) in [5, 5.41) is 0. The third-order valence-electron chi connectivity index (χ3n) is 5.99. The van der Waals surface area contributed by atoms with Crippen molar-refractivity contribution >= 4 is 46.0 Å². The van der Waals surface area contributed by atoms with Crippen LogP contribution in [0.4, 0.5) is 0 Å². The smallest absolute Gasteiger partial charge is 0.338 e. The molecule has 4 rings (SSSR count). The summed E-state index contributed by atoms with van der Waals surface area (Å²) in [5.41, 5.74) is 1.97. The summed E-state index contributed by atoms with van der Waals surface area (Å²) in [6.07, 6.45) is 3.35. The number of benzene rings is 2. The predicted octanol–water partition coefficient (Wildman–Crippen LogP) is 4.76. The standard InChI is InChI=1S/C30H31IN2O6S/c1-7-13-38-27-21(31)14-19(15-23(27)36-6)16-24-28(34)33-26(20-11-9-10-12-22(20)39-17(3)4)25(29(35)37-8-2)18(5)32-30(33)40-24/h7,9-12,14-17,26H,1,8,13H2,2-6H3/b24-16-/t26-/m1/s1. The third kappa shape index (κ3) is 6.02. The molecule has 2 aromatic carbocycles. The molecule has 8 nitrogen and oxygen atoms in total. The van der Waals surface area contributed by atoms with Gasteiger partial charge >= 0.3 is 5.97 Å². The lowest BCUT2D eigenvalue weighted by atomic mass is 9.95. The molecule has 2 heterocycles. The zero-order valence-corrected chi connectivity index (χ0v) is 26.0. The quantitative estimate of drug-likeness (QED) is 0.175. The van der Waals surface area contributed by atoms with Crippen LogP contribution in [0.3, 0.4) is 0 Å². The Kier molecular flexibility index (Phi) is 9.52. The lowest BCUT2D eigenvalue weighted by molar-refractivity contribution is -0.139. The van der Waals surface area contributed by atoms with E-state index in [4.69, 9.17) is 18.9 Å². The monoisotopic (exact) mass is 674 g/mol. The van der Waals surface area contributed by atoms with Gasteiger partial charge in [-0.2, -0.15) is 0 Å². The average molecular weight is 675 g/mol. The fourth-order valence-corrected chi connectivity index (χ4v) is 6.24. The number of esters is 1. The van der Waals surface area contributed by atoms with E-state index in [-0.39, 0.29) is 18.3 Å². The van der Waals surface area contributed by atoms with Crippen molar-refractivity contribution in [3.63, 3.8) is 0 Å². The molecule has 0 N–H and O–H groups in total. The van der Waals surface area contributed by atoms with Crippen molar-refractivity contribution in [2.75, 3.05) is 20.3 Å². The van der Waals surface area contributed by atoms with E-state index in [0.29, 0.717) is 50.0 Å². The van der Waals surface area contributed by atoms with Crippen LogP contribution in [0.1, 0.15) is 44.9 Å². The number of carbonyl (C=O) groups excluding carboxylic acids is 1. The number of nitrogens with zero attached hydrogens (tertiary/aromatic N) is 2. The van der Waals surface area contributed by atoms with Crippen molar-refractivity contribution in [1.82, 2.24) is 4.57 Å². The minimum absolute atomic E-state index is 0.107. The van der Waals surface area contributed by atoms with E-state index < -0.39 is 12.0 Å². The van der Waals surface area contributed by atoms with E-state index in [1.165, 1.54) is 11.3 Å². The number of hydrogen-bond donors (Lipinski definition) is 0. The number of carbonyl (C=O) groups is 1. The molecule has 0 fully saturated rings. The van der Waals surface area contributed by atoms with Crippen molar-refractivity contribution in [2.24, 2.45) is 4.99 Å². The van der Waals surface area contributed by atoms with Crippen LogP contribution in [-0.2, 0) is 9.53 Å². The van der Waals surface area contributed by atoms with Crippen LogP contribution in [0, 0.1) is 3.57 Å². The van der Waals surface area contributed by atoms with Gasteiger partial charge < -0.3 is 18.9 Å². The van der Waals surface area contributed by atoms with Gasteiger partial charge in [-0.1, -0.05) is 42.2 Å². The number of rotatable bonds is 10. The molecule has 10 heteroatoms. The van der Waals surface area contributed by atoms with E-state index in [2.05, 4.69) is 34.2 Å². The fraction of sp³-hybridized carbons (Fsp3) is 0.300. The maximum atomic E-state index is 14.0. The summed E-state index contributed by atoms with van der Waals surface area (Å²) in [6, 6.07) is 10.4. The first kappa shape index (κ1) is 29.6. The van der Waals surface area contributed by atoms with Crippen LogP contribution in [-0.4, -0.2) is 37.0 Å². The number of aromatic nitrogens is 1. The molecule has 0 amide bonds. The van der Waals surface area contributed by atoms with Crippen LogP contribution in [0.2, 0.25) is 0 Å². The van der Waals surface area contributed by atoms with Gasteiger partial charge in [-0.15, -0.1) is 0 Å².